The molecule has 1 aromatic carbocycles. The second-order valence-electron chi connectivity index (χ2n) is 5.93. The molecule has 1 aromatic rings. The van der Waals surface area contributed by atoms with Gasteiger partial charge in [0.05, 0.1) is 6.54 Å². The molecule has 1 heterocycles. The first kappa shape index (κ1) is 17.7. The lowest BCUT2D eigenvalue weighted by Gasteiger charge is -2.34. The zero-order chi connectivity index (χ0) is 16.9. The van der Waals surface area contributed by atoms with Crippen LogP contribution in [-0.2, 0) is 14.6 Å². The number of rotatable bonds is 6. The number of aryl methyl sites for hydroxylation is 1. The first-order valence-corrected chi connectivity index (χ1v) is 9.62. The molecule has 7 heteroatoms. The largest absolute Gasteiger partial charge is 0.492 e. The summed E-state index contributed by atoms with van der Waals surface area (Å²) in [5.41, 5.74) is 1.15. The Labute approximate surface area is 137 Å². The number of ether oxygens (including phenoxy) is 1. The molecule has 0 bridgehead atoms. The molecule has 1 amide bonds. The van der Waals surface area contributed by atoms with Crippen LogP contribution in [0.1, 0.15) is 18.4 Å². The molecular formula is C16H24N2O4S. The van der Waals surface area contributed by atoms with Gasteiger partial charge in [0.25, 0.3) is 0 Å². The van der Waals surface area contributed by atoms with Crippen LogP contribution in [0.5, 0.6) is 5.75 Å². The van der Waals surface area contributed by atoms with Gasteiger partial charge in [0, 0.05) is 6.26 Å². The molecule has 128 valence electrons. The van der Waals surface area contributed by atoms with Gasteiger partial charge < -0.3 is 15.4 Å². The predicted molar refractivity (Wildman–Crippen MR) is 89.4 cm³/mol. The number of amides is 1. The second-order valence-corrected chi connectivity index (χ2v) is 8.26. The lowest BCUT2D eigenvalue weighted by atomic mass is 9.96. The van der Waals surface area contributed by atoms with Gasteiger partial charge >= 0.3 is 0 Å². The zero-order valence-electron chi connectivity index (χ0n) is 13.6. The number of benzene rings is 1. The number of hydrogen-bond acceptors (Lipinski definition) is 5. The van der Waals surface area contributed by atoms with Gasteiger partial charge in [-0.1, -0.05) is 17.7 Å². The summed E-state index contributed by atoms with van der Waals surface area (Å²) in [6.45, 7) is 3.62. The van der Waals surface area contributed by atoms with Crippen molar-refractivity contribution in [2.75, 3.05) is 32.5 Å². The Hall–Kier alpha value is -1.60. The maximum atomic E-state index is 12.4. The van der Waals surface area contributed by atoms with Gasteiger partial charge in [-0.3, -0.25) is 4.79 Å². The molecule has 1 aliphatic rings. The van der Waals surface area contributed by atoms with Crippen LogP contribution >= 0.6 is 0 Å². The third-order valence-electron chi connectivity index (χ3n) is 4.21. The molecule has 0 radical (unpaired) electrons. The number of carbonyl (C=O) groups is 1. The van der Waals surface area contributed by atoms with Gasteiger partial charge in [0.1, 0.15) is 12.4 Å². The van der Waals surface area contributed by atoms with Crippen molar-refractivity contribution in [1.82, 2.24) is 10.6 Å². The lowest BCUT2D eigenvalue weighted by molar-refractivity contribution is -0.124. The van der Waals surface area contributed by atoms with E-state index in [9.17, 15) is 13.2 Å². The average Bonchev–Trinajstić information content (AvgIpc) is 2.52. The predicted octanol–water partition coefficient (Wildman–Crippen LogP) is 0.657. The molecule has 2 rings (SSSR count). The van der Waals surface area contributed by atoms with Crippen LogP contribution < -0.4 is 15.4 Å². The minimum absolute atomic E-state index is 0.275. The molecule has 6 nitrogen and oxygen atoms in total. The monoisotopic (exact) mass is 340 g/mol. The Morgan fingerprint density at radius 1 is 1.26 bits per heavy atom. The van der Waals surface area contributed by atoms with Crippen LogP contribution in [0.3, 0.4) is 0 Å². The quantitative estimate of drug-likeness (QED) is 0.743. The summed E-state index contributed by atoms with van der Waals surface area (Å²) in [7, 11) is -3.47. The Bertz CT molecular complexity index is 635. The van der Waals surface area contributed by atoms with E-state index in [2.05, 4.69) is 10.6 Å². The molecule has 0 aliphatic carbocycles. The Morgan fingerprint density at radius 2 is 1.87 bits per heavy atom. The van der Waals surface area contributed by atoms with Crippen molar-refractivity contribution in [1.29, 1.82) is 0 Å². The maximum Gasteiger partial charge on any atom is 0.241 e. The van der Waals surface area contributed by atoms with E-state index in [4.69, 9.17) is 4.74 Å². The van der Waals surface area contributed by atoms with E-state index < -0.39 is 20.5 Å². The summed E-state index contributed by atoms with van der Waals surface area (Å²) < 4.78 is 28.5. The van der Waals surface area contributed by atoms with Crippen LogP contribution in [-0.4, -0.2) is 51.6 Å². The van der Waals surface area contributed by atoms with Gasteiger partial charge in [-0.15, -0.1) is 0 Å². The highest BCUT2D eigenvalue weighted by Crippen LogP contribution is 2.27. The third-order valence-corrected chi connectivity index (χ3v) is 6.23. The summed E-state index contributed by atoms with van der Waals surface area (Å²) in [6.07, 6.45) is 1.74. The molecule has 0 aromatic heterocycles. The molecule has 23 heavy (non-hydrogen) atoms. The fourth-order valence-corrected chi connectivity index (χ4v) is 4.08. The summed E-state index contributed by atoms with van der Waals surface area (Å²) in [6, 6.07) is 7.62. The van der Waals surface area contributed by atoms with E-state index in [1.54, 1.807) is 0 Å². The number of nitrogens with one attached hydrogen (secondary N) is 2. The summed E-state index contributed by atoms with van der Waals surface area (Å²) >= 11 is 0. The van der Waals surface area contributed by atoms with E-state index in [1.807, 2.05) is 31.2 Å². The summed E-state index contributed by atoms with van der Waals surface area (Å²) in [5.74, 6) is 0.304. The van der Waals surface area contributed by atoms with Crippen molar-refractivity contribution in [2.24, 2.45) is 0 Å². The van der Waals surface area contributed by atoms with Gasteiger partial charge in [-0.2, -0.15) is 0 Å². The first-order valence-electron chi connectivity index (χ1n) is 7.73. The molecule has 2 N–H and O–H groups in total. The van der Waals surface area contributed by atoms with Gasteiger partial charge in [-0.25, -0.2) is 8.42 Å². The number of piperidine rings is 1. The molecule has 0 atom stereocenters. The van der Waals surface area contributed by atoms with Crippen molar-refractivity contribution in [3.63, 3.8) is 0 Å². The zero-order valence-corrected chi connectivity index (χ0v) is 14.4. The molecule has 0 saturated carbocycles. The van der Waals surface area contributed by atoms with E-state index in [0.717, 1.165) is 17.6 Å². The van der Waals surface area contributed by atoms with Crippen LogP contribution in [0.2, 0.25) is 0 Å². The number of carbonyl (C=O) groups excluding carboxylic acids is 1. The Kier molecular flexibility index (Phi) is 5.64. The molecule has 1 fully saturated rings. The van der Waals surface area contributed by atoms with Crippen molar-refractivity contribution in [2.45, 2.75) is 24.5 Å². The Morgan fingerprint density at radius 3 is 2.43 bits per heavy atom. The smallest absolute Gasteiger partial charge is 0.241 e. The van der Waals surface area contributed by atoms with E-state index in [-0.39, 0.29) is 6.54 Å². The molecule has 0 spiro atoms. The highest BCUT2D eigenvalue weighted by Gasteiger charge is 2.48. The second kappa shape index (κ2) is 7.31. The fraction of sp³-hybridized carbons (Fsp3) is 0.562. The molecule has 0 unspecified atom stereocenters. The number of hydrogen-bond donors (Lipinski definition) is 2. The van der Waals surface area contributed by atoms with Crippen LogP contribution in [0.4, 0.5) is 0 Å². The minimum atomic E-state index is -3.47. The van der Waals surface area contributed by atoms with Gasteiger partial charge in [0.15, 0.2) is 14.6 Å². The van der Waals surface area contributed by atoms with Crippen molar-refractivity contribution < 1.29 is 17.9 Å². The fourth-order valence-electron chi connectivity index (χ4n) is 2.73. The van der Waals surface area contributed by atoms with Crippen LogP contribution in [0.15, 0.2) is 24.3 Å². The van der Waals surface area contributed by atoms with E-state index in [0.29, 0.717) is 32.5 Å². The summed E-state index contributed by atoms with van der Waals surface area (Å²) in [5, 5.41) is 5.80. The van der Waals surface area contributed by atoms with Gasteiger partial charge in [0.2, 0.25) is 5.91 Å². The third kappa shape index (κ3) is 4.23. The standard InChI is InChI=1S/C16H24N2O4S/c1-13-3-5-14(6-4-13)22-12-11-18-15(19)16(23(2,20)21)7-9-17-10-8-16/h3-6,17H,7-12H2,1-2H3,(H,18,19). The normalized spacial score (nSPS) is 17.5. The lowest BCUT2D eigenvalue weighted by Crippen LogP contribution is -2.57. The first-order chi connectivity index (χ1) is 10.8. The maximum absolute atomic E-state index is 12.4. The minimum Gasteiger partial charge on any atom is -0.492 e. The van der Waals surface area contributed by atoms with Crippen molar-refractivity contribution >= 4 is 15.7 Å². The van der Waals surface area contributed by atoms with Crippen LogP contribution in [0.25, 0.3) is 0 Å². The average molecular weight is 340 g/mol. The molecular weight excluding hydrogens is 316 g/mol. The van der Waals surface area contributed by atoms with Crippen LogP contribution in [0, 0.1) is 6.92 Å². The highest BCUT2D eigenvalue weighted by molar-refractivity contribution is 7.92. The van der Waals surface area contributed by atoms with E-state index in [1.165, 1.54) is 0 Å². The topological polar surface area (TPSA) is 84.5 Å². The van der Waals surface area contributed by atoms with E-state index >= 15 is 0 Å². The van der Waals surface area contributed by atoms with Crippen molar-refractivity contribution in [3.8, 4) is 5.75 Å². The SMILES string of the molecule is Cc1ccc(OCCNC(=O)C2(S(C)(=O)=O)CCNCC2)cc1. The molecule has 1 aliphatic heterocycles. The molecule has 1 saturated heterocycles. The Balaban J connectivity index is 1.88. The number of sulfone groups is 1. The highest BCUT2D eigenvalue weighted by atomic mass is 32.2. The van der Waals surface area contributed by atoms with Crippen molar-refractivity contribution in [3.05, 3.63) is 29.8 Å². The van der Waals surface area contributed by atoms with Gasteiger partial charge in [-0.05, 0) is 45.0 Å². The summed E-state index contributed by atoms with van der Waals surface area (Å²) in [4.78, 5) is 12.4.